The number of benzene rings is 1. The van der Waals surface area contributed by atoms with Crippen LogP contribution in [-0.2, 0) is 21.6 Å². The van der Waals surface area contributed by atoms with Crippen molar-refractivity contribution in [3.63, 3.8) is 0 Å². The highest BCUT2D eigenvalue weighted by atomic mass is 16.5. The fraction of sp³-hybridized carbons (Fsp3) is 0.500. The Morgan fingerprint density at radius 2 is 2.03 bits per heavy atom. The van der Waals surface area contributed by atoms with Crippen molar-refractivity contribution in [2.45, 2.75) is 43.4 Å². The molecule has 2 N–H and O–H groups in total. The number of piperidine rings is 1. The number of nitrogens with zero attached hydrogens (tertiary/aromatic N) is 3. The minimum absolute atomic E-state index is 0.0834. The SMILES string of the molecule is O=C([C@@H]1C[C@@H](O)CN1)N1CCC2(CC1)OCCc1cnc(-c3ccccc3)nc12. The summed E-state index contributed by atoms with van der Waals surface area (Å²) in [5.41, 5.74) is 2.68. The Bertz CT molecular complexity index is 896. The van der Waals surface area contributed by atoms with Crippen molar-refractivity contribution >= 4 is 5.91 Å². The van der Waals surface area contributed by atoms with Gasteiger partial charge in [0.05, 0.1) is 24.4 Å². The molecule has 3 aliphatic rings. The van der Waals surface area contributed by atoms with Gasteiger partial charge in [-0.1, -0.05) is 30.3 Å². The molecule has 2 saturated heterocycles. The maximum Gasteiger partial charge on any atom is 0.239 e. The predicted octanol–water partition coefficient (Wildman–Crippen LogP) is 1.26. The number of likely N-dealkylation sites (tertiary alicyclic amines) is 1. The van der Waals surface area contributed by atoms with Crippen molar-refractivity contribution in [1.29, 1.82) is 0 Å². The summed E-state index contributed by atoms with van der Waals surface area (Å²) >= 11 is 0. The van der Waals surface area contributed by atoms with Crippen molar-refractivity contribution in [2.75, 3.05) is 26.2 Å². The zero-order valence-corrected chi connectivity index (χ0v) is 16.4. The van der Waals surface area contributed by atoms with Crippen LogP contribution in [0.25, 0.3) is 11.4 Å². The Kier molecular flexibility index (Phi) is 4.81. The molecule has 0 radical (unpaired) electrons. The fourth-order valence-corrected chi connectivity index (χ4v) is 4.73. The third kappa shape index (κ3) is 3.43. The Morgan fingerprint density at radius 1 is 1.24 bits per heavy atom. The molecule has 152 valence electrons. The third-order valence-corrected chi connectivity index (χ3v) is 6.37. The first-order chi connectivity index (χ1) is 14.1. The van der Waals surface area contributed by atoms with Gasteiger partial charge in [-0.25, -0.2) is 9.97 Å². The summed E-state index contributed by atoms with van der Waals surface area (Å²) < 4.78 is 6.31. The zero-order valence-electron chi connectivity index (χ0n) is 16.4. The fourth-order valence-electron chi connectivity index (χ4n) is 4.73. The number of amides is 1. The van der Waals surface area contributed by atoms with E-state index in [1.54, 1.807) is 0 Å². The van der Waals surface area contributed by atoms with Crippen LogP contribution >= 0.6 is 0 Å². The zero-order chi connectivity index (χ0) is 19.8. The van der Waals surface area contributed by atoms with Gasteiger partial charge in [0, 0.05) is 31.4 Å². The molecule has 7 heteroatoms. The van der Waals surface area contributed by atoms with Crippen LogP contribution < -0.4 is 5.32 Å². The van der Waals surface area contributed by atoms with Gasteiger partial charge < -0.3 is 20.1 Å². The van der Waals surface area contributed by atoms with Crippen LogP contribution in [0, 0.1) is 0 Å². The lowest BCUT2D eigenvalue weighted by Gasteiger charge is -2.44. The smallest absolute Gasteiger partial charge is 0.239 e. The lowest BCUT2D eigenvalue weighted by Crippen LogP contribution is -2.52. The molecular formula is C22H26N4O3. The average molecular weight is 394 g/mol. The highest BCUT2D eigenvalue weighted by Crippen LogP contribution is 2.41. The quantitative estimate of drug-likeness (QED) is 0.797. The number of aliphatic hydroxyl groups excluding tert-OH is 1. The van der Waals surface area contributed by atoms with Crippen molar-refractivity contribution in [2.24, 2.45) is 0 Å². The van der Waals surface area contributed by atoms with Crippen molar-refractivity contribution in [1.82, 2.24) is 20.2 Å². The molecule has 0 unspecified atom stereocenters. The molecule has 2 atom stereocenters. The monoisotopic (exact) mass is 394 g/mol. The van der Waals surface area contributed by atoms with Crippen molar-refractivity contribution in [3.8, 4) is 11.4 Å². The minimum atomic E-state index is -0.445. The molecule has 2 fully saturated rings. The molecule has 1 amide bonds. The lowest BCUT2D eigenvalue weighted by atomic mass is 9.83. The number of aliphatic hydroxyl groups is 1. The van der Waals surface area contributed by atoms with E-state index >= 15 is 0 Å². The van der Waals surface area contributed by atoms with Gasteiger partial charge in [-0.2, -0.15) is 0 Å². The van der Waals surface area contributed by atoms with Crippen LogP contribution in [0.15, 0.2) is 36.5 Å². The van der Waals surface area contributed by atoms with Crippen molar-refractivity contribution < 1.29 is 14.6 Å². The summed E-state index contributed by atoms with van der Waals surface area (Å²) in [5.74, 6) is 0.803. The van der Waals surface area contributed by atoms with Crippen LogP contribution in [0.4, 0.5) is 0 Å². The number of carbonyl (C=O) groups is 1. The van der Waals surface area contributed by atoms with Gasteiger partial charge in [-0.3, -0.25) is 4.79 Å². The van der Waals surface area contributed by atoms with E-state index in [2.05, 4.69) is 10.3 Å². The molecule has 2 aromatic rings. The van der Waals surface area contributed by atoms with Gasteiger partial charge >= 0.3 is 0 Å². The summed E-state index contributed by atoms with van der Waals surface area (Å²) in [6.45, 7) is 2.42. The molecule has 0 aliphatic carbocycles. The van der Waals surface area contributed by atoms with Gasteiger partial charge in [0.25, 0.3) is 0 Å². The Labute approximate surface area is 170 Å². The summed E-state index contributed by atoms with van der Waals surface area (Å²) in [6, 6.07) is 9.72. The third-order valence-electron chi connectivity index (χ3n) is 6.37. The van der Waals surface area contributed by atoms with Crippen LogP contribution in [0.1, 0.15) is 30.5 Å². The number of aromatic nitrogens is 2. The molecular weight excluding hydrogens is 368 g/mol. The number of β-amino-alcohol motifs (C(OH)–C–C–N with tert-alkyl or cyclic N) is 1. The van der Waals surface area contributed by atoms with Crippen LogP contribution in [0.5, 0.6) is 0 Å². The summed E-state index contributed by atoms with van der Waals surface area (Å²) in [4.78, 5) is 24.2. The second kappa shape index (κ2) is 7.48. The summed E-state index contributed by atoms with van der Waals surface area (Å²) in [6.07, 6.45) is 4.28. The molecule has 1 aromatic heterocycles. The van der Waals surface area contributed by atoms with E-state index in [1.807, 2.05) is 41.4 Å². The molecule has 1 aromatic carbocycles. The molecule has 3 aliphatic heterocycles. The van der Waals surface area contributed by atoms with E-state index < -0.39 is 11.7 Å². The maximum absolute atomic E-state index is 12.8. The molecule has 5 rings (SSSR count). The van der Waals surface area contributed by atoms with E-state index in [1.165, 1.54) is 0 Å². The molecule has 7 nitrogen and oxygen atoms in total. The van der Waals surface area contributed by atoms with Crippen molar-refractivity contribution in [3.05, 3.63) is 47.8 Å². The maximum atomic E-state index is 12.8. The topological polar surface area (TPSA) is 87.6 Å². The first-order valence-electron chi connectivity index (χ1n) is 10.4. The minimum Gasteiger partial charge on any atom is -0.392 e. The number of hydrogen-bond donors (Lipinski definition) is 2. The molecule has 29 heavy (non-hydrogen) atoms. The summed E-state index contributed by atoms with van der Waals surface area (Å²) in [5, 5.41) is 12.8. The molecule has 4 heterocycles. The second-order valence-electron chi connectivity index (χ2n) is 8.20. The Hall–Kier alpha value is -2.35. The van der Waals surface area contributed by atoms with E-state index in [0.29, 0.717) is 32.7 Å². The highest BCUT2D eigenvalue weighted by Gasteiger charge is 2.44. The van der Waals surface area contributed by atoms with E-state index in [-0.39, 0.29) is 11.9 Å². The Balaban J connectivity index is 1.37. The number of carbonyl (C=O) groups excluding carboxylic acids is 1. The van der Waals surface area contributed by atoms with E-state index in [4.69, 9.17) is 9.72 Å². The first-order valence-corrected chi connectivity index (χ1v) is 10.4. The largest absolute Gasteiger partial charge is 0.392 e. The molecule has 0 saturated carbocycles. The van der Waals surface area contributed by atoms with E-state index in [9.17, 15) is 9.90 Å². The molecule has 0 bridgehead atoms. The van der Waals surface area contributed by atoms with Crippen LogP contribution in [0.3, 0.4) is 0 Å². The first kappa shape index (κ1) is 18.7. The summed E-state index contributed by atoms with van der Waals surface area (Å²) in [7, 11) is 0. The van der Waals surface area contributed by atoms with Gasteiger partial charge in [-0.05, 0) is 31.2 Å². The van der Waals surface area contributed by atoms with Gasteiger partial charge in [-0.15, -0.1) is 0 Å². The van der Waals surface area contributed by atoms with Crippen LogP contribution in [-0.4, -0.2) is 64.3 Å². The number of nitrogens with one attached hydrogen (secondary N) is 1. The Morgan fingerprint density at radius 3 is 2.76 bits per heavy atom. The number of ether oxygens (including phenoxy) is 1. The normalized spacial score (nSPS) is 25.8. The second-order valence-corrected chi connectivity index (χ2v) is 8.20. The van der Waals surface area contributed by atoms with Crippen LogP contribution in [0.2, 0.25) is 0 Å². The van der Waals surface area contributed by atoms with Gasteiger partial charge in [0.15, 0.2) is 5.82 Å². The molecule has 1 spiro atoms. The van der Waals surface area contributed by atoms with Gasteiger partial charge in [0.1, 0.15) is 5.60 Å². The standard InChI is InChI=1S/C22H26N4O3/c27-17-12-18(23-14-17)21(28)26-9-7-22(8-10-26)19-16(6-11-29-22)13-24-20(25-19)15-4-2-1-3-5-15/h1-5,13,17-18,23,27H,6-12,14H2/t17-,18+/m1/s1. The number of rotatable bonds is 2. The lowest BCUT2D eigenvalue weighted by molar-refractivity contribution is -0.143. The predicted molar refractivity (Wildman–Crippen MR) is 107 cm³/mol. The highest BCUT2D eigenvalue weighted by molar-refractivity contribution is 5.82. The van der Waals surface area contributed by atoms with E-state index in [0.717, 1.165) is 41.9 Å². The number of fused-ring (bicyclic) bond motifs is 2. The average Bonchev–Trinajstić information content (AvgIpc) is 3.21. The number of hydrogen-bond acceptors (Lipinski definition) is 6. The van der Waals surface area contributed by atoms with Gasteiger partial charge in [0.2, 0.25) is 5.91 Å².